The zero-order valence-electron chi connectivity index (χ0n) is 6.03. The standard InChI is InChI=1S/C5H9N5S/c1-3-10(4-2-6-1)5-7-8-9-11-5/h6H,1-4H2. The number of nitrogens with zero attached hydrogens (tertiary/aromatic N) is 4. The van der Waals surface area contributed by atoms with Crippen molar-refractivity contribution < 1.29 is 0 Å². The van der Waals surface area contributed by atoms with E-state index in [-0.39, 0.29) is 0 Å². The highest BCUT2D eigenvalue weighted by atomic mass is 32.1. The van der Waals surface area contributed by atoms with Gasteiger partial charge in [0.25, 0.3) is 0 Å². The Hall–Kier alpha value is -0.750. The smallest absolute Gasteiger partial charge is 0.227 e. The maximum Gasteiger partial charge on any atom is 0.227 e. The topological polar surface area (TPSA) is 53.9 Å². The van der Waals surface area contributed by atoms with Crippen LogP contribution in [0.1, 0.15) is 0 Å². The second-order valence-electron chi connectivity index (χ2n) is 2.38. The molecule has 1 N–H and O–H groups in total. The van der Waals surface area contributed by atoms with Gasteiger partial charge in [-0.3, -0.25) is 0 Å². The second-order valence-corrected chi connectivity index (χ2v) is 3.09. The van der Waals surface area contributed by atoms with Gasteiger partial charge < -0.3 is 10.2 Å². The maximum atomic E-state index is 3.90. The molecule has 11 heavy (non-hydrogen) atoms. The molecule has 2 heterocycles. The molecule has 2 rings (SSSR count). The van der Waals surface area contributed by atoms with Gasteiger partial charge in [-0.2, -0.15) is 0 Å². The molecule has 1 aliphatic rings. The van der Waals surface area contributed by atoms with E-state index >= 15 is 0 Å². The lowest BCUT2D eigenvalue weighted by molar-refractivity contribution is 0.586. The highest BCUT2D eigenvalue weighted by Gasteiger charge is 2.12. The highest BCUT2D eigenvalue weighted by Crippen LogP contribution is 2.12. The Balaban J connectivity index is 2.04. The fourth-order valence-corrected chi connectivity index (χ4v) is 1.62. The summed E-state index contributed by atoms with van der Waals surface area (Å²) in [6.45, 7) is 4.08. The largest absolute Gasteiger partial charge is 0.343 e. The van der Waals surface area contributed by atoms with Crippen molar-refractivity contribution in [2.45, 2.75) is 0 Å². The molecule has 0 amide bonds. The first kappa shape index (κ1) is 6.93. The molecular weight excluding hydrogens is 162 g/mol. The Morgan fingerprint density at radius 3 is 2.82 bits per heavy atom. The minimum atomic E-state index is 0.937. The Bertz CT molecular complexity index is 205. The van der Waals surface area contributed by atoms with E-state index in [0.717, 1.165) is 31.3 Å². The Morgan fingerprint density at radius 2 is 2.18 bits per heavy atom. The molecule has 0 radical (unpaired) electrons. The summed E-state index contributed by atoms with van der Waals surface area (Å²) in [5, 5.41) is 11.7. The van der Waals surface area contributed by atoms with Crippen LogP contribution in [0.5, 0.6) is 0 Å². The average molecular weight is 171 g/mol. The highest BCUT2D eigenvalue weighted by molar-refractivity contribution is 7.09. The van der Waals surface area contributed by atoms with Crippen LogP contribution in [-0.4, -0.2) is 41.0 Å². The van der Waals surface area contributed by atoms with Crippen molar-refractivity contribution in [2.75, 3.05) is 31.1 Å². The van der Waals surface area contributed by atoms with Crippen molar-refractivity contribution in [1.82, 2.24) is 20.1 Å². The molecule has 1 aromatic heterocycles. The summed E-state index contributed by atoms with van der Waals surface area (Å²) in [4.78, 5) is 2.20. The van der Waals surface area contributed by atoms with E-state index in [0.29, 0.717) is 0 Å². The molecule has 1 saturated heterocycles. The summed E-state index contributed by atoms with van der Waals surface area (Å²) < 4.78 is 3.72. The molecule has 0 spiro atoms. The van der Waals surface area contributed by atoms with Crippen LogP contribution in [0.15, 0.2) is 0 Å². The molecule has 6 heteroatoms. The third-order valence-electron chi connectivity index (χ3n) is 1.68. The summed E-state index contributed by atoms with van der Waals surface area (Å²) in [6, 6.07) is 0. The van der Waals surface area contributed by atoms with Gasteiger partial charge >= 0.3 is 0 Å². The van der Waals surface area contributed by atoms with E-state index < -0.39 is 0 Å². The molecule has 0 atom stereocenters. The first-order valence-electron chi connectivity index (χ1n) is 3.57. The second kappa shape index (κ2) is 3.10. The van der Waals surface area contributed by atoms with Crippen LogP contribution in [0, 0.1) is 0 Å². The maximum absolute atomic E-state index is 3.90. The molecular formula is C5H9N5S. The van der Waals surface area contributed by atoms with Crippen molar-refractivity contribution in [1.29, 1.82) is 0 Å². The van der Waals surface area contributed by atoms with Gasteiger partial charge in [-0.15, -0.1) is 0 Å². The lowest BCUT2D eigenvalue weighted by Gasteiger charge is -2.25. The first-order valence-corrected chi connectivity index (χ1v) is 4.35. The number of hydrogen-bond acceptors (Lipinski definition) is 6. The summed E-state index contributed by atoms with van der Waals surface area (Å²) in [7, 11) is 0. The summed E-state index contributed by atoms with van der Waals surface area (Å²) in [5.41, 5.74) is 0. The van der Waals surface area contributed by atoms with Gasteiger partial charge in [0.15, 0.2) is 0 Å². The quantitative estimate of drug-likeness (QED) is 0.608. The predicted octanol–water partition coefficient (Wildman–Crippen LogP) is -0.657. The SMILES string of the molecule is C1CN(c2nnns2)CCN1. The third-order valence-corrected chi connectivity index (χ3v) is 2.33. The van der Waals surface area contributed by atoms with E-state index in [1.807, 2.05) is 0 Å². The normalized spacial score (nSPS) is 18.7. The van der Waals surface area contributed by atoms with Crippen molar-refractivity contribution >= 4 is 16.7 Å². The summed E-state index contributed by atoms with van der Waals surface area (Å²) in [5.74, 6) is 0. The molecule has 1 aliphatic heterocycles. The molecule has 0 aliphatic carbocycles. The fraction of sp³-hybridized carbons (Fsp3) is 0.800. The Labute approximate surface area is 68.6 Å². The number of nitrogens with one attached hydrogen (secondary N) is 1. The van der Waals surface area contributed by atoms with Gasteiger partial charge in [0, 0.05) is 37.7 Å². The van der Waals surface area contributed by atoms with Crippen LogP contribution in [0.4, 0.5) is 5.13 Å². The van der Waals surface area contributed by atoms with E-state index in [1.54, 1.807) is 0 Å². The van der Waals surface area contributed by atoms with Crippen LogP contribution in [0.3, 0.4) is 0 Å². The van der Waals surface area contributed by atoms with Gasteiger partial charge in [0.05, 0.1) is 0 Å². The zero-order chi connectivity index (χ0) is 7.52. The number of rotatable bonds is 1. The molecule has 0 bridgehead atoms. The van der Waals surface area contributed by atoms with Gasteiger partial charge in [-0.1, -0.05) is 9.59 Å². The molecule has 60 valence electrons. The Kier molecular flexibility index (Phi) is 1.95. The average Bonchev–Trinajstić information content (AvgIpc) is 2.58. The lowest BCUT2D eigenvalue weighted by Crippen LogP contribution is -2.43. The van der Waals surface area contributed by atoms with Crippen LogP contribution >= 0.6 is 11.5 Å². The lowest BCUT2D eigenvalue weighted by atomic mass is 10.4. The molecule has 0 aromatic carbocycles. The first-order chi connectivity index (χ1) is 5.47. The molecule has 1 fully saturated rings. The van der Waals surface area contributed by atoms with Gasteiger partial charge in [0.2, 0.25) is 5.13 Å². The van der Waals surface area contributed by atoms with Gasteiger partial charge in [0.1, 0.15) is 0 Å². The van der Waals surface area contributed by atoms with Crippen molar-refractivity contribution in [3.8, 4) is 0 Å². The third kappa shape index (κ3) is 1.46. The van der Waals surface area contributed by atoms with E-state index in [4.69, 9.17) is 0 Å². The number of piperazine rings is 1. The van der Waals surface area contributed by atoms with Crippen molar-refractivity contribution in [3.05, 3.63) is 0 Å². The molecule has 0 unspecified atom stereocenters. The van der Waals surface area contributed by atoms with Crippen molar-refractivity contribution in [2.24, 2.45) is 0 Å². The van der Waals surface area contributed by atoms with Crippen molar-refractivity contribution in [3.63, 3.8) is 0 Å². The predicted molar refractivity (Wildman–Crippen MR) is 42.8 cm³/mol. The van der Waals surface area contributed by atoms with Crippen LogP contribution in [0.2, 0.25) is 0 Å². The van der Waals surface area contributed by atoms with Gasteiger partial charge in [-0.25, -0.2) is 0 Å². The summed E-state index contributed by atoms with van der Waals surface area (Å²) in [6.07, 6.45) is 0. The number of aromatic nitrogens is 3. The van der Waals surface area contributed by atoms with E-state index in [2.05, 4.69) is 25.0 Å². The van der Waals surface area contributed by atoms with E-state index in [1.165, 1.54) is 11.5 Å². The van der Waals surface area contributed by atoms with E-state index in [9.17, 15) is 0 Å². The van der Waals surface area contributed by atoms with Crippen LogP contribution < -0.4 is 10.2 Å². The van der Waals surface area contributed by atoms with Crippen LogP contribution in [-0.2, 0) is 0 Å². The summed E-state index contributed by atoms with van der Waals surface area (Å²) >= 11 is 1.36. The van der Waals surface area contributed by atoms with Gasteiger partial charge in [-0.05, 0) is 5.21 Å². The number of anilines is 1. The monoisotopic (exact) mass is 171 g/mol. The molecule has 1 aromatic rings. The minimum Gasteiger partial charge on any atom is -0.343 e. The Morgan fingerprint density at radius 1 is 1.36 bits per heavy atom. The zero-order valence-corrected chi connectivity index (χ0v) is 6.84. The molecule has 5 nitrogen and oxygen atoms in total. The molecule has 0 saturated carbocycles. The minimum absolute atomic E-state index is 0.937. The number of hydrogen-bond donors (Lipinski definition) is 1. The fourth-order valence-electron chi connectivity index (χ4n) is 1.11. The van der Waals surface area contributed by atoms with Crippen LogP contribution in [0.25, 0.3) is 0 Å².